The number of hydrogen-bond donors (Lipinski definition) is 1. The fourth-order valence-corrected chi connectivity index (χ4v) is 3.37. The van der Waals surface area contributed by atoms with E-state index in [4.69, 9.17) is 18.9 Å². The highest BCUT2D eigenvalue weighted by molar-refractivity contribution is 9.10. The van der Waals surface area contributed by atoms with Crippen molar-refractivity contribution in [1.82, 2.24) is 0 Å². The fourth-order valence-electron chi connectivity index (χ4n) is 2.41. The number of amides is 1. The van der Waals surface area contributed by atoms with Crippen molar-refractivity contribution in [2.24, 2.45) is 0 Å². The first-order valence-corrected chi connectivity index (χ1v) is 9.82. The third kappa shape index (κ3) is 5.11. The van der Waals surface area contributed by atoms with Crippen LogP contribution in [0.15, 0.2) is 39.7 Å². The molecule has 0 saturated carbocycles. The molecule has 0 saturated heterocycles. The van der Waals surface area contributed by atoms with Gasteiger partial charge in [0, 0.05) is 15.4 Å². The number of carbonyl (C=O) groups is 2. The molecule has 2 aromatic rings. The van der Waals surface area contributed by atoms with E-state index in [9.17, 15) is 9.59 Å². The van der Waals surface area contributed by atoms with E-state index >= 15 is 0 Å². The van der Waals surface area contributed by atoms with Gasteiger partial charge in [0.25, 0.3) is 0 Å². The summed E-state index contributed by atoms with van der Waals surface area (Å²) in [6, 6.07) is 9.03. The molecule has 0 atom stereocenters. The third-order valence-corrected chi connectivity index (χ3v) is 5.22. The number of halogens is 1. The molecule has 0 aliphatic heterocycles. The number of carbonyl (C=O) groups excluding carboxylic acids is 2. The number of methoxy groups -OCH3 is 4. The molecule has 2 rings (SSSR count). The summed E-state index contributed by atoms with van der Waals surface area (Å²) in [5.41, 5.74) is 0.257. The zero-order valence-corrected chi connectivity index (χ0v) is 18.2. The van der Waals surface area contributed by atoms with Crippen molar-refractivity contribution in [1.29, 1.82) is 0 Å². The summed E-state index contributed by atoms with van der Waals surface area (Å²) in [5.74, 6) is -0.113. The van der Waals surface area contributed by atoms with Crippen LogP contribution in [-0.2, 0) is 9.53 Å². The van der Waals surface area contributed by atoms with Crippen molar-refractivity contribution in [3.63, 3.8) is 0 Å². The second kappa shape index (κ2) is 10.2. The molecule has 0 aliphatic rings. The van der Waals surface area contributed by atoms with E-state index in [0.717, 1.165) is 9.37 Å². The zero-order chi connectivity index (χ0) is 20.7. The van der Waals surface area contributed by atoms with Gasteiger partial charge in [0.05, 0.1) is 39.8 Å². The molecule has 9 heteroatoms. The van der Waals surface area contributed by atoms with Crippen molar-refractivity contribution in [2.75, 3.05) is 39.5 Å². The van der Waals surface area contributed by atoms with Crippen LogP contribution >= 0.6 is 27.7 Å². The first-order valence-electron chi connectivity index (χ1n) is 8.04. The van der Waals surface area contributed by atoms with Gasteiger partial charge >= 0.3 is 5.97 Å². The maximum absolute atomic E-state index is 12.5. The number of hydrogen-bond acceptors (Lipinski definition) is 7. The molecule has 1 amide bonds. The molecule has 0 aliphatic carbocycles. The average molecular weight is 470 g/mol. The Bertz CT molecular complexity index is 856. The molecule has 7 nitrogen and oxygen atoms in total. The van der Waals surface area contributed by atoms with Gasteiger partial charge in [-0.05, 0) is 24.3 Å². The number of esters is 1. The Morgan fingerprint density at radius 2 is 1.64 bits per heavy atom. The Balaban J connectivity index is 2.32. The van der Waals surface area contributed by atoms with Gasteiger partial charge in [0.15, 0.2) is 11.5 Å². The van der Waals surface area contributed by atoms with Crippen molar-refractivity contribution in [3.8, 4) is 17.2 Å². The van der Waals surface area contributed by atoms with E-state index in [0.29, 0.717) is 0 Å². The number of benzene rings is 2. The number of ether oxygens (including phenoxy) is 4. The second-order valence-corrected chi connectivity index (χ2v) is 7.31. The fraction of sp³-hybridized carbons (Fsp3) is 0.263. The predicted molar refractivity (Wildman–Crippen MR) is 111 cm³/mol. The number of rotatable bonds is 8. The van der Waals surface area contributed by atoms with Crippen molar-refractivity contribution < 1.29 is 28.5 Å². The maximum atomic E-state index is 12.5. The van der Waals surface area contributed by atoms with Crippen LogP contribution in [0.5, 0.6) is 17.2 Å². The van der Waals surface area contributed by atoms with Gasteiger partial charge in [-0.2, -0.15) is 0 Å². The summed E-state index contributed by atoms with van der Waals surface area (Å²) in [7, 11) is 5.53. The Hall–Kier alpha value is -2.39. The van der Waals surface area contributed by atoms with Crippen LogP contribution in [0.2, 0.25) is 0 Å². The number of thioether (sulfide) groups is 1. The van der Waals surface area contributed by atoms with Gasteiger partial charge in [-0.15, -0.1) is 11.8 Å². The van der Waals surface area contributed by atoms with Crippen LogP contribution in [0, 0.1) is 0 Å². The topological polar surface area (TPSA) is 83.1 Å². The van der Waals surface area contributed by atoms with Crippen LogP contribution in [-0.4, -0.2) is 46.1 Å². The lowest BCUT2D eigenvalue weighted by molar-refractivity contribution is -0.113. The summed E-state index contributed by atoms with van der Waals surface area (Å²) in [5, 5.41) is 2.72. The maximum Gasteiger partial charge on any atom is 0.340 e. The predicted octanol–water partition coefficient (Wildman–Crippen LogP) is 3.99. The molecule has 0 aromatic heterocycles. The second-order valence-electron chi connectivity index (χ2n) is 5.35. The minimum atomic E-state index is -0.643. The van der Waals surface area contributed by atoms with Gasteiger partial charge in [-0.1, -0.05) is 15.9 Å². The number of anilines is 1. The summed E-state index contributed by atoms with van der Waals surface area (Å²) in [6.07, 6.45) is 0. The van der Waals surface area contributed by atoms with Crippen molar-refractivity contribution in [3.05, 3.63) is 40.4 Å². The third-order valence-electron chi connectivity index (χ3n) is 3.68. The molecule has 1 N–H and O–H groups in total. The van der Waals surface area contributed by atoms with Crippen LogP contribution in [0.4, 0.5) is 5.69 Å². The lowest BCUT2D eigenvalue weighted by Crippen LogP contribution is -2.18. The average Bonchev–Trinajstić information content (AvgIpc) is 2.71. The molecule has 0 spiro atoms. The normalized spacial score (nSPS) is 10.2. The minimum Gasteiger partial charge on any atom is -0.493 e. The standard InChI is InChI=1S/C19H20BrNO6S/c1-24-14-9-13(19(23)27-4)16(18(26-3)17(14)25-2)21-15(22)10-28-12-7-5-11(20)6-8-12/h5-9H,10H2,1-4H3,(H,21,22). The van der Waals surface area contributed by atoms with Crippen LogP contribution in [0.1, 0.15) is 10.4 Å². The van der Waals surface area contributed by atoms with Gasteiger partial charge < -0.3 is 24.3 Å². The van der Waals surface area contributed by atoms with E-state index in [1.165, 1.54) is 46.3 Å². The van der Waals surface area contributed by atoms with Gasteiger partial charge in [-0.3, -0.25) is 4.79 Å². The largest absolute Gasteiger partial charge is 0.493 e. The summed E-state index contributed by atoms with van der Waals surface area (Å²) >= 11 is 4.73. The Kier molecular flexibility index (Phi) is 8.01. The zero-order valence-electron chi connectivity index (χ0n) is 15.8. The monoisotopic (exact) mass is 469 g/mol. The number of nitrogens with one attached hydrogen (secondary N) is 1. The Labute approximate surface area is 175 Å². The molecule has 0 radical (unpaired) electrons. The minimum absolute atomic E-state index is 0.0963. The van der Waals surface area contributed by atoms with Gasteiger partial charge in [-0.25, -0.2) is 4.79 Å². The molecular formula is C19H20BrNO6S. The molecule has 28 heavy (non-hydrogen) atoms. The van der Waals surface area contributed by atoms with Crippen LogP contribution in [0.25, 0.3) is 0 Å². The molecule has 0 bridgehead atoms. The molecular weight excluding hydrogens is 450 g/mol. The summed E-state index contributed by atoms with van der Waals surface area (Å²) < 4.78 is 21.7. The quantitative estimate of drug-likeness (QED) is 0.462. The highest BCUT2D eigenvalue weighted by Gasteiger charge is 2.26. The molecule has 0 fully saturated rings. The molecule has 0 heterocycles. The Morgan fingerprint density at radius 1 is 1.00 bits per heavy atom. The lowest BCUT2D eigenvalue weighted by Gasteiger charge is -2.19. The smallest absolute Gasteiger partial charge is 0.340 e. The van der Waals surface area contributed by atoms with E-state index < -0.39 is 5.97 Å². The van der Waals surface area contributed by atoms with Crippen LogP contribution in [0.3, 0.4) is 0 Å². The Morgan fingerprint density at radius 3 is 2.18 bits per heavy atom. The van der Waals surface area contributed by atoms with Crippen molar-refractivity contribution >= 4 is 45.3 Å². The first kappa shape index (κ1) is 21.9. The first-order chi connectivity index (χ1) is 13.4. The highest BCUT2D eigenvalue weighted by Crippen LogP contribution is 2.45. The molecule has 0 unspecified atom stereocenters. The SMILES string of the molecule is COC(=O)c1cc(OC)c(OC)c(OC)c1NC(=O)CSc1ccc(Br)cc1. The van der Waals surface area contributed by atoms with Gasteiger partial charge in [0.2, 0.25) is 11.7 Å². The summed E-state index contributed by atoms with van der Waals surface area (Å²) in [4.78, 5) is 25.7. The molecule has 150 valence electrons. The van der Waals surface area contributed by atoms with Crippen LogP contribution < -0.4 is 19.5 Å². The van der Waals surface area contributed by atoms with Gasteiger partial charge in [0.1, 0.15) is 5.69 Å². The lowest BCUT2D eigenvalue weighted by atomic mass is 10.1. The van der Waals surface area contributed by atoms with E-state index in [1.54, 1.807) is 0 Å². The summed E-state index contributed by atoms with van der Waals surface area (Å²) in [6.45, 7) is 0. The van der Waals surface area contributed by atoms with E-state index in [1.807, 2.05) is 24.3 Å². The molecule has 2 aromatic carbocycles. The van der Waals surface area contributed by atoms with E-state index in [2.05, 4.69) is 21.2 Å². The van der Waals surface area contributed by atoms with Crippen molar-refractivity contribution in [2.45, 2.75) is 4.90 Å². The highest BCUT2D eigenvalue weighted by atomic mass is 79.9. The van der Waals surface area contributed by atoms with E-state index in [-0.39, 0.29) is 40.2 Å².